The van der Waals surface area contributed by atoms with Crippen LogP contribution < -0.4 is 16.4 Å². The number of fused-ring (bicyclic) bond motifs is 3. The Bertz CT molecular complexity index is 1610. The topological polar surface area (TPSA) is 0 Å². The molecule has 0 spiro atoms. The molecule has 0 aliphatic carbocycles. The lowest BCUT2D eigenvalue weighted by Gasteiger charge is -2.46. The minimum Gasteiger partial charge on any atom is -0.325 e. The molecule has 0 atom stereocenters. The van der Waals surface area contributed by atoms with Crippen molar-refractivity contribution in [3.05, 3.63) is 127 Å². The molecule has 0 N–H and O–H groups in total. The monoisotopic (exact) mass is 579 g/mol. The maximum Gasteiger partial charge on any atom is 0.0840 e. The molecule has 0 saturated heterocycles. The molecule has 226 valence electrons. The van der Waals surface area contributed by atoms with Crippen LogP contribution >= 0.6 is 0 Å². The standard InChI is InChI=1S/C34H30B.C8H20N/c1-25(2)24-35(32-21-9-15-26-12-3-6-18-29(26)32,33-22-10-16-27-13-4-7-19-30(27)33)34-23-11-17-28-14-5-8-20-31(28)34;1-5-9(6-2,7-3)8-4/h3-23,25H,24H2,1-2H3;5-8H2,1-4H3/q-1;+1. The number of hydrogen-bond acceptors (Lipinski definition) is 0. The Morgan fingerprint density at radius 1 is 0.432 bits per heavy atom. The van der Waals surface area contributed by atoms with Crippen molar-refractivity contribution in [2.24, 2.45) is 5.92 Å². The van der Waals surface area contributed by atoms with E-state index >= 15 is 0 Å². The van der Waals surface area contributed by atoms with E-state index in [-0.39, 0.29) is 0 Å². The van der Waals surface area contributed by atoms with Gasteiger partial charge in [-0.3, -0.25) is 0 Å². The van der Waals surface area contributed by atoms with Gasteiger partial charge < -0.3 is 4.48 Å². The molecule has 0 saturated carbocycles. The lowest BCUT2D eigenvalue weighted by Crippen LogP contribution is -2.68. The minimum absolute atomic E-state index is 0.520. The molecule has 0 unspecified atom stereocenters. The molecule has 0 bridgehead atoms. The predicted molar refractivity (Wildman–Crippen MR) is 199 cm³/mol. The van der Waals surface area contributed by atoms with Crippen molar-refractivity contribution in [1.82, 2.24) is 0 Å². The third kappa shape index (κ3) is 5.93. The molecule has 0 aliphatic rings. The van der Waals surface area contributed by atoms with Crippen molar-refractivity contribution < 1.29 is 4.48 Å². The van der Waals surface area contributed by atoms with Gasteiger partial charge in [-0.25, -0.2) is 0 Å². The molecule has 6 aromatic carbocycles. The van der Waals surface area contributed by atoms with Gasteiger partial charge in [-0.15, -0.1) is 0 Å². The SMILES string of the molecule is CC(C)C[B-](c1cccc2ccccc12)(c1cccc2ccccc12)c1cccc2ccccc12.CC[N+](CC)(CC)CC. The summed E-state index contributed by atoms with van der Waals surface area (Å²) >= 11 is 0. The molecule has 1 nitrogen and oxygen atoms in total. The Morgan fingerprint density at radius 2 is 0.727 bits per heavy atom. The lowest BCUT2D eigenvalue weighted by atomic mass is 9.12. The molecular formula is C42H50BN. The number of quaternary nitrogens is 1. The van der Waals surface area contributed by atoms with Crippen LogP contribution in [0.5, 0.6) is 0 Å². The van der Waals surface area contributed by atoms with Crippen LogP contribution in [-0.4, -0.2) is 36.8 Å². The van der Waals surface area contributed by atoms with E-state index in [1.165, 1.54) is 79.4 Å². The molecule has 0 aromatic heterocycles. The summed E-state index contributed by atoms with van der Waals surface area (Å²) in [6.45, 7) is 19.0. The molecule has 2 heteroatoms. The normalized spacial score (nSPS) is 12.1. The molecule has 0 aliphatic heterocycles. The number of rotatable bonds is 9. The molecule has 6 aromatic rings. The fourth-order valence-corrected chi connectivity index (χ4v) is 7.97. The third-order valence-electron chi connectivity index (χ3n) is 10.6. The van der Waals surface area contributed by atoms with E-state index < -0.39 is 6.15 Å². The van der Waals surface area contributed by atoms with E-state index in [0.29, 0.717) is 5.92 Å². The van der Waals surface area contributed by atoms with Gasteiger partial charge in [0.1, 0.15) is 0 Å². The Balaban J connectivity index is 0.000000374. The third-order valence-corrected chi connectivity index (χ3v) is 10.6. The lowest BCUT2D eigenvalue weighted by molar-refractivity contribution is -0.921. The van der Waals surface area contributed by atoms with Crippen LogP contribution in [0.1, 0.15) is 41.5 Å². The summed E-state index contributed by atoms with van der Waals surface area (Å²) in [7, 11) is 0. The molecular weight excluding hydrogens is 529 g/mol. The van der Waals surface area contributed by atoms with Gasteiger partial charge in [-0.05, 0) is 43.9 Å². The maximum atomic E-state index is 2.40. The number of nitrogens with zero attached hydrogens (tertiary/aromatic N) is 1. The Morgan fingerprint density at radius 3 is 1.00 bits per heavy atom. The number of benzene rings is 6. The van der Waals surface area contributed by atoms with Crippen molar-refractivity contribution in [2.45, 2.75) is 47.9 Å². The van der Waals surface area contributed by atoms with Gasteiger partial charge in [0.25, 0.3) is 0 Å². The summed E-state index contributed by atoms with van der Waals surface area (Å²) in [5, 5.41) is 7.99. The van der Waals surface area contributed by atoms with Gasteiger partial charge in [0.15, 0.2) is 0 Å². The average Bonchev–Trinajstić information content (AvgIpc) is 3.08. The van der Waals surface area contributed by atoms with Gasteiger partial charge >= 0.3 is 0 Å². The Labute approximate surface area is 266 Å². The smallest absolute Gasteiger partial charge is 0.0840 e. The van der Waals surface area contributed by atoms with E-state index in [2.05, 4.69) is 169 Å². The van der Waals surface area contributed by atoms with Crippen molar-refractivity contribution >= 4 is 54.9 Å². The van der Waals surface area contributed by atoms with E-state index in [0.717, 1.165) is 6.32 Å². The summed E-state index contributed by atoms with van der Waals surface area (Å²) in [6.07, 6.45) is -0.207. The van der Waals surface area contributed by atoms with Gasteiger partial charge in [-0.1, -0.05) is 163 Å². The zero-order valence-corrected chi connectivity index (χ0v) is 27.8. The highest BCUT2D eigenvalue weighted by Gasteiger charge is 2.34. The fourth-order valence-electron chi connectivity index (χ4n) is 7.97. The van der Waals surface area contributed by atoms with E-state index in [4.69, 9.17) is 0 Å². The first-order chi connectivity index (χ1) is 21.4. The van der Waals surface area contributed by atoms with Crippen molar-refractivity contribution in [3.8, 4) is 0 Å². The predicted octanol–water partition coefficient (Wildman–Crippen LogP) is 9.16. The van der Waals surface area contributed by atoms with Gasteiger partial charge in [0, 0.05) is 0 Å². The van der Waals surface area contributed by atoms with E-state index in [1.54, 1.807) is 0 Å². The first-order valence-corrected chi connectivity index (χ1v) is 16.9. The molecule has 0 heterocycles. The van der Waals surface area contributed by atoms with Crippen LogP contribution in [0.25, 0.3) is 32.3 Å². The average molecular weight is 580 g/mol. The molecule has 0 radical (unpaired) electrons. The summed E-state index contributed by atoms with van der Waals surface area (Å²) < 4.78 is 1.28. The second kappa shape index (κ2) is 13.8. The van der Waals surface area contributed by atoms with E-state index in [9.17, 15) is 0 Å². The maximum absolute atomic E-state index is 2.40. The minimum atomic E-state index is -1.29. The fraction of sp³-hybridized carbons (Fsp3) is 0.286. The second-order valence-electron chi connectivity index (χ2n) is 13.0. The Hall–Kier alpha value is -3.88. The highest BCUT2D eigenvalue weighted by atomic mass is 15.3. The molecule has 0 fully saturated rings. The highest BCUT2D eigenvalue weighted by molar-refractivity contribution is 7.14. The highest BCUT2D eigenvalue weighted by Crippen LogP contribution is 2.28. The van der Waals surface area contributed by atoms with Crippen molar-refractivity contribution in [3.63, 3.8) is 0 Å². The summed E-state index contributed by atoms with van der Waals surface area (Å²) in [5.41, 5.74) is 4.35. The van der Waals surface area contributed by atoms with Crippen LogP contribution in [0.3, 0.4) is 0 Å². The van der Waals surface area contributed by atoms with Crippen molar-refractivity contribution in [1.29, 1.82) is 0 Å². The quantitative estimate of drug-likeness (QED) is 0.118. The second-order valence-corrected chi connectivity index (χ2v) is 13.0. The number of hydrogen-bond donors (Lipinski definition) is 0. The van der Waals surface area contributed by atoms with E-state index in [1.807, 2.05) is 0 Å². The summed E-state index contributed by atoms with van der Waals surface area (Å²) in [5.74, 6) is 0.520. The summed E-state index contributed by atoms with van der Waals surface area (Å²) in [6, 6.07) is 47.4. The van der Waals surface area contributed by atoms with Crippen LogP contribution in [-0.2, 0) is 0 Å². The van der Waals surface area contributed by atoms with Gasteiger partial charge in [0.05, 0.1) is 32.3 Å². The molecule has 44 heavy (non-hydrogen) atoms. The summed E-state index contributed by atoms with van der Waals surface area (Å²) in [4.78, 5) is 0. The Kier molecular flexibility index (Phi) is 9.92. The zero-order chi connectivity index (χ0) is 31.2. The van der Waals surface area contributed by atoms with Gasteiger partial charge in [-0.2, -0.15) is 22.7 Å². The largest absolute Gasteiger partial charge is 0.325 e. The first-order valence-electron chi connectivity index (χ1n) is 16.9. The molecule has 6 rings (SSSR count). The van der Waals surface area contributed by atoms with Crippen LogP contribution in [0, 0.1) is 5.92 Å². The van der Waals surface area contributed by atoms with Gasteiger partial charge in [0.2, 0.25) is 0 Å². The van der Waals surface area contributed by atoms with Crippen LogP contribution in [0.2, 0.25) is 6.32 Å². The molecule has 0 amide bonds. The van der Waals surface area contributed by atoms with Crippen molar-refractivity contribution in [2.75, 3.05) is 26.2 Å². The zero-order valence-electron chi connectivity index (χ0n) is 27.8. The van der Waals surface area contributed by atoms with Crippen LogP contribution in [0.4, 0.5) is 0 Å². The van der Waals surface area contributed by atoms with Crippen LogP contribution in [0.15, 0.2) is 127 Å². The first kappa shape index (κ1) is 31.5.